The maximum atomic E-state index is 2.47. The third-order valence-corrected chi connectivity index (χ3v) is 11.1. The molecule has 0 bridgehead atoms. The zero-order chi connectivity index (χ0) is 16.7. The SMILES string of the molecule is CC(C)(C)[Si](C)(C)c1ccc(-c2ccc3ccccc3c2)cc1. The minimum Gasteiger partial charge on any atom is -0.0651 e. The minimum absolute atomic E-state index is 0.372. The van der Waals surface area contributed by atoms with Gasteiger partial charge in [0.25, 0.3) is 0 Å². The fourth-order valence-corrected chi connectivity index (χ4v) is 4.75. The van der Waals surface area contributed by atoms with Crippen LogP contribution in [0.3, 0.4) is 0 Å². The van der Waals surface area contributed by atoms with Crippen LogP contribution in [0.15, 0.2) is 66.7 Å². The van der Waals surface area contributed by atoms with E-state index in [-0.39, 0.29) is 0 Å². The van der Waals surface area contributed by atoms with Gasteiger partial charge in [-0.2, -0.15) is 0 Å². The molecule has 0 heterocycles. The van der Waals surface area contributed by atoms with E-state index in [9.17, 15) is 0 Å². The molecular formula is C22H26Si. The van der Waals surface area contributed by atoms with Gasteiger partial charge in [-0.05, 0) is 33.0 Å². The zero-order valence-corrected chi connectivity index (χ0v) is 15.9. The maximum Gasteiger partial charge on any atom is 0.0859 e. The van der Waals surface area contributed by atoms with Crippen LogP contribution in [0.4, 0.5) is 0 Å². The average Bonchev–Trinajstić information content (AvgIpc) is 2.53. The Morgan fingerprint density at radius 2 is 1.22 bits per heavy atom. The first-order valence-corrected chi connectivity index (χ1v) is 11.4. The summed E-state index contributed by atoms with van der Waals surface area (Å²) in [7, 11) is -1.45. The zero-order valence-electron chi connectivity index (χ0n) is 14.9. The Kier molecular flexibility index (Phi) is 3.93. The molecule has 118 valence electrons. The second kappa shape index (κ2) is 5.65. The molecule has 0 saturated carbocycles. The molecule has 0 aromatic heterocycles. The monoisotopic (exact) mass is 318 g/mol. The van der Waals surface area contributed by atoms with Crippen molar-refractivity contribution in [3.8, 4) is 11.1 Å². The van der Waals surface area contributed by atoms with Gasteiger partial charge in [-0.25, -0.2) is 0 Å². The molecule has 23 heavy (non-hydrogen) atoms. The van der Waals surface area contributed by atoms with Gasteiger partial charge in [-0.15, -0.1) is 0 Å². The van der Waals surface area contributed by atoms with Crippen molar-refractivity contribution in [3.05, 3.63) is 66.7 Å². The molecule has 0 atom stereocenters. The van der Waals surface area contributed by atoms with Crippen molar-refractivity contribution in [2.24, 2.45) is 0 Å². The minimum atomic E-state index is -1.45. The van der Waals surface area contributed by atoms with Gasteiger partial charge < -0.3 is 0 Å². The van der Waals surface area contributed by atoms with Gasteiger partial charge in [0.05, 0.1) is 8.07 Å². The fourth-order valence-electron chi connectivity index (χ4n) is 2.88. The van der Waals surface area contributed by atoms with Crippen molar-refractivity contribution in [3.63, 3.8) is 0 Å². The first-order chi connectivity index (χ1) is 10.8. The third-order valence-electron chi connectivity index (χ3n) is 5.56. The van der Waals surface area contributed by atoms with Crippen LogP contribution in [-0.2, 0) is 0 Å². The number of rotatable bonds is 2. The van der Waals surface area contributed by atoms with E-state index in [0.29, 0.717) is 5.04 Å². The van der Waals surface area contributed by atoms with Crippen LogP contribution in [0.1, 0.15) is 20.8 Å². The summed E-state index contributed by atoms with van der Waals surface area (Å²) in [4.78, 5) is 0. The maximum absolute atomic E-state index is 2.47. The van der Waals surface area contributed by atoms with E-state index in [4.69, 9.17) is 0 Å². The molecule has 0 unspecified atom stereocenters. The predicted molar refractivity (Wildman–Crippen MR) is 106 cm³/mol. The van der Waals surface area contributed by atoms with Crippen LogP contribution in [0, 0.1) is 0 Å². The summed E-state index contributed by atoms with van der Waals surface area (Å²) in [5, 5.41) is 4.51. The highest BCUT2D eigenvalue weighted by Crippen LogP contribution is 2.35. The number of fused-ring (bicyclic) bond motifs is 1. The van der Waals surface area contributed by atoms with Crippen LogP contribution >= 0.6 is 0 Å². The Morgan fingerprint density at radius 3 is 1.83 bits per heavy atom. The first kappa shape index (κ1) is 16.0. The Hall–Kier alpha value is -1.86. The average molecular weight is 319 g/mol. The topological polar surface area (TPSA) is 0 Å². The molecule has 0 N–H and O–H groups in total. The predicted octanol–water partition coefficient (Wildman–Crippen LogP) is 6.22. The van der Waals surface area contributed by atoms with Crippen molar-refractivity contribution in [1.82, 2.24) is 0 Å². The smallest absolute Gasteiger partial charge is 0.0651 e. The Labute approximate surface area is 141 Å². The van der Waals surface area contributed by atoms with Gasteiger partial charge >= 0.3 is 0 Å². The van der Waals surface area contributed by atoms with E-state index in [0.717, 1.165) is 0 Å². The molecule has 0 amide bonds. The molecule has 0 aliphatic heterocycles. The molecule has 1 heteroatoms. The molecular weight excluding hydrogens is 292 g/mol. The standard InChI is InChI=1S/C22H26Si/c1-22(2,3)23(4,5)21-14-12-18(13-15-21)20-11-10-17-8-6-7-9-19(17)16-20/h6-16H,1-5H3. The summed E-state index contributed by atoms with van der Waals surface area (Å²) >= 11 is 0. The summed E-state index contributed by atoms with van der Waals surface area (Å²) in [5.41, 5.74) is 2.60. The van der Waals surface area contributed by atoms with Gasteiger partial charge in [-0.1, -0.05) is 99.7 Å². The summed E-state index contributed by atoms with van der Waals surface area (Å²) in [6.45, 7) is 12.1. The normalized spacial score (nSPS) is 12.6. The van der Waals surface area contributed by atoms with E-state index in [1.807, 2.05) is 0 Å². The first-order valence-electron chi connectivity index (χ1n) is 8.39. The molecule has 3 rings (SSSR count). The van der Waals surface area contributed by atoms with Gasteiger partial charge in [-0.3, -0.25) is 0 Å². The van der Waals surface area contributed by atoms with Crippen LogP contribution in [0.25, 0.3) is 21.9 Å². The molecule has 0 aliphatic rings. The lowest BCUT2D eigenvalue weighted by Gasteiger charge is -2.37. The van der Waals surface area contributed by atoms with Crippen LogP contribution in [-0.4, -0.2) is 8.07 Å². The molecule has 0 saturated heterocycles. The quantitative estimate of drug-likeness (QED) is 0.492. The van der Waals surface area contributed by atoms with E-state index < -0.39 is 8.07 Å². The number of hydrogen-bond acceptors (Lipinski definition) is 0. The van der Waals surface area contributed by atoms with Crippen molar-refractivity contribution in [2.75, 3.05) is 0 Å². The summed E-state index contributed by atoms with van der Waals surface area (Å²) in [6.07, 6.45) is 0. The second-order valence-electron chi connectivity index (χ2n) is 8.01. The van der Waals surface area contributed by atoms with Crippen molar-refractivity contribution < 1.29 is 0 Å². The van der Waals surface area contributed by atoms with E-state index >= 15 is 0 Å². The van der Waals surface area contributed by atoms with Crippen molar-refractivity contribution in [2.45, 2.75) is 38.9 Å². The van der Waals surface area contributed by atoms with Crippen molar-refractivity contribution in [1.29, 1.82) is 0 Å². The molecule has 0 nitrogen and oxygen atoms in total. The van der Waals surface area contributed by atoms with Gasteiger partial charge in [0.15, 0.2) is 0 Å². The lowest BCUT2D eigenvalue weighted by molar-refractivity contribution is 0.729. The van der Waals surface area contributed by atoms with Gasteiger partial charge in [0.1, 0.15) is 0 Å². The van der Waals surface area contributed by atoms with Gasteiger partial charge in [0.2, 0.25) is 0 Å². The van der Waals surface area contributed by atoms with E-state index in [2.05, 4.69) is 101 Å². The third kappa shape index (κ3) is 2.98. The molecule has 3 aromatic carbocycles. The van der Waals surface area contributed by atoms with Crippen LogP contribution < -0.4 is 5.19 Å². The van der Waals surface area contributed by atoms with Gasteiger partial charge in [0, 0.05) is 0 Å². The Morgan fingerprint density at radius 1 is 0.652 bits per heavy atom. The van der Waals surface area contributed by atoms with Crippen molar-refractivity contribution >= 4 is 24.0 Å². The summed E-state index contributed by atoms with van der Waals surface area (Å²) in [6, 6.07) is 24.6. The molecule has 0 radical (unpaired) electrons. The molecule has 0 spiro atoms. The lowest BCUT2D eigenvalue weighted by atomic mass is 10.0. The van der Waals surface area contributed by atoms with E-state index in [1.165, 1.54) is 27.1 Å². The summed E-state index contributed by atoms with van der Waals surface area (Å²) < 4.78 is 0. The molecule has 0 aliphatic carbocycles. The second-order valence-corrected chi connectivity index (χ2v) is 13.3. The van der Waals surface area contributed by atoms with Crippen LogP contribution in [0.5, 0.6) is 0 Å². The molecule has 3 aromatic rings. The molecule has 0 fully saturated rings. The Balaban J connectivity index is 1.98. The van der Waals surface area contributed by atoms with E-state index in [1.54, 1.807) is 0 Å². The number of hydrogen-bond donors (Lipinski definition) is 0. The fraction of sp³-hybridized carbons (Fsp3) is 0.273. The summed E-state index contributed by atoms with van der Waals surface area (Å²) in [5.74, 6) is 0. The Bertz CT molecular complexity index is 820. The highest BCUT2D eigenvalue weighted by atomic mass is 28.3. The highest BCUT2D eigenvalue weighted by molar-refractivity contribution is 6.92. The lowest BCUT2D eigenvalue weighted by Crippen LogP contribution is -2.49. The van der Waals surface area contributed by atoms with Crippen LogP contribution in [0.2, 0.25) is 18.1 Å². The largest absolute Gasteiger partial charge is 0.0859 e. The number of benzene rings is 3. The highest BCUT2D eigenvalue weighted by Gasteiger charge is 2.36.